The van der Waals surface area contributed by atoms with Crippen molar-refractivity contribution in [1.29, 1.82) is 0 Å². The number of phenolic OH excluding ortho intramolecular Hbond substituents is 1. The first-order chi connectivity index (χ1) is 11.5. The molecule has 1 saturated heterocycles. The first-order valence-electron chi connectivity index (χ1n) is 7.49. The number of carbonyl (C=O) groups is 2. The summed E-state index contributed by atoms with van der Waals surface area (Å²) in [5.74, 6) is -0.790. The van der Waals surface area contributed by atoms with Crippen LogP contribution in [0.2, 0.25) is 0 Å². The molecule has 0 radical (unpaired) electrons. The van der Waals surface area contributed by atoms with Gasteiger partial charge in [0.15, 0.2) is 0 Å². The lowest BCUT2D eigenvalue weighted by Crippen LogP contribution is -2.38. The number of imide groups is 1. The number of carbonyl (C=O) groups excluding carboxylic acids is 2. The van der Waals surface area contributed by atoms with Gasteiger partial charge in [-0.1, -0.05) is 6.08 Å². The van der Waals surface area contributed by atoms with E-state index in [1.807, 2.05) is 12.3 Å². The molecule has 6 heteroatoms. The lowest BCUT2D eigenvalue weighted by molar-refractivity contribution is -0.129. The normalized spacial score (nSPS) is 19.5. The summed E-state index contributed by atoms with van der Waals surface area (Å²) in [6.07, 6.45) is 5.73. The number of hydrogen-bond donors (Lipinski definition) is 4. The Balaban J connectivity index is 1.77. The molecule has 4 N–H and O–H groups in total. The number of amides is 2. The van der Waals surface area contributed by atoms with Crippen LogP contribution in [0.15, 0.2) is 53.0 Å². The zero-order valence-electron chi connectivity index (χ0n) is 12.6. The molecule has 1 fully saturated rings. The summed E-state index contributed by atoms with van der Waals surface area (Å²) in [5.41, 5.74) is 3.26. The van der Waals surface area contributed by atoms with Crippen LogP contribution in [-0.4, -0.2) is 27.0 Å². The predicted octanol–water partition coefficient (Wildman–Crippen LogP) is 2.45. The minimum Gasteiger partial charge on any atom is -0.511 e. The number of aliphatic hydroxyl groups is 1. The summed E-state index contributed by atoms with van der Waals surface area (Å²) >= 11 is 0. The van der Waals surface area contributed by atoms with Crippen LogP contribution < -0.4 is 5.32 Å². The van der Waals surface area contributed by atoms with E-state index < -0.39 is 5.91 Å². The number of aromatic amines is 1. The number of aromatic hydroxyl groups is 1. The lowest BCUT2D eigenvalue weighted by atomic mass is 9.87. The highest BCUT2D eigenvalue weighted by Crippen LogP contribution is 2.33. The van der Waals surface area contributed by atoms with Gasteiger partial charge in [0, 0.05) is 29.1 Å². The van der Waals surface area contributed by atoms with Crippen molar-refractivity contribution in [2.24, 2.45) is 0 Å². The fourth-order valence-electron chi connectivity index (χ4n) is 3.18. The van der Waals surface area contributed by atoms with Crippen molar-refractivity contribution in [1.82, 2.24) is 10.3 Å². The second kappa shape index (κ2) is 5.13. The molecule has 2 aliphatic rings. The van der Waals surface area contributed by atoms with Crippen LogP contribution in [0, 0.1) is 0 Å². The van der Waals surface area contributed by atoms with Gasteiger partial charge in [-0.15, -0.1) is 0 Å². The molecular formula is C18H14N2O4. The number of phenols is 1. The Morgan fingerprint density at radius 2 is 1.96 bits per heavy atom. The van der Waals surface area contributed by atoms with E-state index >= 15 is 0 Å². The molecule has 4 rings (SSSR count). The lowest BCUT2D eigenvalue weighted by Gasteiger charge is -2.23. The van der Waals surface area contributed by atoms with Gasteiger partial charge < -0.3 is 15.2 Å². The second-order valence-electron chi connectivity index (χ2n) is 5.92. The molecule has 1 aromatic carbocycles. The van der Waals surface area contributed by atoms with E-state index in [9.17, 15) is 19.8 Å². The Labute approximate surface area is 136 Å². The Morgan fingerprint density at radius 3 is 2.79 bits per heavy atom. The zero-order valence-corrected chi connectivity index (χ0v) is 12.6. The van der Waals surface area contributed by atoms with E-state index in [4.69, 9.17) is 0 Å². The SMILES string of the molecule is O=C1CC2=CC(=Cc3c[nH]c4ccc(O)cc34)CC(O)=C2C(=O)N1. The summed E-state index contributed by atoms with van der Waals surface area (Å²) in [5, 5.41) is 22.9. The van der Waals surface area contributed by atoms with Crippen molar-refractivity contribution >= 4 is 28.8 Å². The fraction of sp³-hybridized carbons (Fsp3) is 0.111. The number of rotatable bonds is 1. The molecule has 2 aromatic rings. The van der Waals surface area contributed by atoms with Crippen LogP contribution in [0.25, 0.3) is 17.0 Å². The molecular weight excluding hydrogens is 308 g/mol. The Kier molecular flexibility index (Phi) is 3.06. The highest BCUT2D eigenvalue weighted by molar-refractivity contribution is 6.12. The number of hydrogen-bond acceptors (Lipinski definition) is 4. The molecule has 0 unspecified atom stereocenters. The maximum absolute atomic E-state index is 11.8. The number of H-pyrrole nitrogens is 1. The molecule has 1 aliphatic heterocycles. The highest BCUT2D eigenvalue weighted by atomic mass is 16.3. The molecule has 0 spiro atoms. The van der Waals surface area contributed by atoms with E-state index in [1.54, 1.807) is 24.3 Å². The summed E-state index contributed by atoms with van der Waals surface area (Å²) in [6, 6.07) is 5.05. The number of aromatic nitrogens is 1. The van der Waals surface area contributed by atoms with Gasteiger partial charge >= 0.3 is 0 Å². The van der Waals surface area contributed by atoms with E-state index in [1.165, 1.54) is 0 Å². The van der Waals surface area contributed by atoms with Gasteiger partial charge in [-0.2, -0.15) is 0 Å². The van der Waals surface area contributed by atoms with Gasteiger partial charge in [0.2, 0.25) is 5.91 Å². The molecule has 1 aliphatic carbocycles. The fourth-order valence-corrected chi connectivity index (χ4v) is 3.18. The summed E-state index contributed by atoms with van der Waals surface area (Å²) in [6.45, 7) is 0. The van der Waals surface area contributed by atoms with Gasteiger partial charge in [-0.05, 0) is 35.4 Å². The molecule has 2 amide bonds. The van der Waals surface area contributed by atoms with Crippen molar-refractivity contribution in [2.75, 3.05) is 0 Å². The average molecular weight is 322 g/mol. The van der Waals surface area contributed by atoms with Crippen LogP contribution in [0.1, 0.15) is 18.4 Å². The van der Waals surface area contributed by atoms with Gasteiger partial charge in [-0.3, -0.25) is 14.9 Å². The molecule has 0 atom stereocenters. The van der Waals surface area contributed by atoms with E-state index in [0.29, 0.717) is 5.57 Å². The molecule has 1 aromatic heterocycles. The van der Waals surface area contributed by atoms with Crippen molar-refractivity contribution in [3.05, 3.63) is 58.5 Å². The number of piperidine rings is 1. The van der Waals surface area contributed by atoms with E-state index in [2.05, 4.69) is 10.3 Å². The third-order valence-electron chi connectivity index (χ3n) is 4.21. The average Bonchev–Trinajstić information content (AvgIpc) is 2.88. The standard InChI is InChI=1S/C18H14N2O4/c21-12-1-2-14-13(7-12)11(8-19-14)4-9-3-10-6-16(23)20-18(24)17(10)15(22)5-9/h1-4,7-8,19,21-22H,5-6H2,(H,20,23,24). The smallest absolute Gasteiger partial charge is 0.261 e. The predicted molar refractivity (Wildman–Crippen MR) is 88.1 cm³/mol. The third-order valence-corrected chi connectivity index (χ3v) is 4.21. The minimum absolute atomic E-state index is 0.0357. The molecule has 0 saturated carbocycles. The quantitative estimate of drug-likeness (QED) is 0.606. The minimum atomic E-state index is -0.550. The van der Waals surface area contributed by atoms with Crippen LogP contribution >= 0.6 is 0 Å². The van der Waals surface area contributed by atoms with Crippen LogP contribution in [0.3, 0.4) is 0 Å². The number of fused-ring (bicyclic) bond motifs is 2. The topological polar surface area (TPSA) is 102 Å². The number of nitrogens with one attached hydrogen (secondary N) is 2. The van der Waals surface area contributed by atoms with Crippen molar-refractivity contribution in [3.8, 4) is 5.75 Å². The number of allylic oxidation sites excluding steroid dienone is 2. The Bertz CT molecular complexity index is 992. The molecule has 0 bridgehead atoms. The summed E-state index contributed by atoms with van der Waals surface area (Å²) in [4.78, 5) is 26.5. The number of aliphatic hydroxyl groups excluding tert-OH is 1. The molecule has 2 heterocycles. The van der Waals surface area contributed by atoms with Crippen LogP contribution in [0.4, 0.5) is 0 Å². The van der Waals surface area contributed by atoms with Gasteiger partial charge in [0.05, 0.1) is 12.0 Å². The highest BCUT2D eigenvalue weighted by Gasteiger charge is 2.31. The van der Waals surface area contributed by atoms with Crippen molar-refractivity contribution < 1.29 is 19.8 Å². The maximum Gasteiger partial charge on any atom is 0.261 e. The molecule has 120 valence electrons. The third kappa shape index (κ3) is 2.28. The maximum atomic E-state index is 11.8. The van der Waals surface area contributed by atoms with E-state index in [0.717, 1.165) is 22.0 Å². The molecule has 24 heavy (non-hydrogen) atoms. The van der Waals surface area contributed by atoms with Crippen LogP contribution in [-0.2, 0) is 9.59 Å². The zero-order chi connectivity index (χ0) is 16.8. The van der Waals surface area contributed by atoms with Gasteiger partial charge in [-0.25, -0.2) is 0 Å². The van der Waals surface area contributed by atoms with Crippen LogP contribution in [0.5, 0.6) is 5.75 Å². The van der Waals surface area contributed by atoms with Gasteiger partial charge in [0.25, 0.3) is 5.91 Å². The monoisotopic (exact) mass is 322 g/mol. The summed E-state index contributed by atoms with van der Waals surface area (Å²) < 4.78 is 0. The van der Waals surface area contributed by atoms with Gasteiger partial charge in [0.1, 0.15) is 11.5 Å². The van der Waals surface area contributed by atoms with Crippen molar-refractivity contribution in [3.63, 3.8) is 0 Å². The number of benzene rings is 1. The largest absolute Gasteiger partial charge is 0.511 e. The Morgan fingerprint density at radius 1 is 1.12 bits per heavy atom. The first-order valence-corrected chi connectivity index (χ1v) is 7.49. The first kappa shape index (κ1) is 14.3. The van der Waals surface area contributed by atoms with Crippen molar-refractivity contribution in [2.45, 2.75) is 12.8 Å². The molecule has 6 nitrogen and oxygen atoms in total. The second-order valence-corrected chi connectivity index (χ2v) is 5.92. The Hall–Kier alpha value is -3.28. The summed E-state index contributed by atoms with van der Waals surface area (Å²) in [7, 11) is 0. The van der Waals surface area contributed by atoms with E-state index in [-0.39, 0.29) is 35.8 Å².